The molecule has 1 saturated heterocycles. The molecule has 5 heteroatoms. The molecule has 1 aliphatic rings. The SMILES string of the molecule is Nc1c(C(=O)N2CCCCC2)sc2cccc(Br)c12. The van der Waals surface area contributed by atoms with Crippen molar-refractivity contribution < 1.29 is 4.79 Å². The van der Waals surface area contributed by atoms with Gasteiger partial charge in [0.1, 0.15) is 4.88 Å². The fraction of sp³-hybridized carbons (Fsp3) is 0.357. The van der Waals surface area contributed by atoms with Crippen molar-refractivity contribution in [2.75, 3.05) is 18.8 Å². The summed E-state index contributed by atoms with van der Waals surface area (Å²) in [7, 11) is 0. The monoisotopic (exact) mass is 338 g/mol. The second kappa shape index (κ2) is 5.13. The number of fused-ring (bicyclic) bond motifs is 1. The van der Waals surface area contributed by atoms with Crippen LogP contribution in [0, 0.1) is 0 Å². The number of anilines is 1. The topological polar surface area (TPSA) is 46.3 Å². The van der Waals surface area contributed by atoms with Crippen molar-refractivity contribution in [2.45, 2.75) is 19.3 Å². The van der Waals surface area contributed by atoms with Crippen LogP contribution in [-0.2, 0) is 0 Å². The van der Waals surface area contributed by atoms with Gasteiger partial charge in [-0.3, -0.25) is 4.79 Å². The molecule has 1 amide bonds. The van der Waals surface area contributed by atoms with Crippen LogP contribution in [0.15, 0.2) is 22.7 Å². The van der Waals surface area contributed by atoms with Crippen LogP contribution >= 0.6 is 27.3 Å². The van der Waals surface area contributed by atoms with Crippen molar-refractivity contribution >= 4 is 48.9 Å². The van der Waals surface area contributed by atoms with E-state index in [1.807, 2.05) is 23.1 Å². The van der Waals surface area contributed by atoms with Crippen LogP contribution in [0.2, 0.25) is 0 Å². The van der Waals surface area contributed by atoms with Crippen molar-refractivity contribution in [3.63, 3.8) is 0 Å². The molecule has 100 valence electrons. The zero-order valence-corrected chi connectivity index (χ0v) is 12.9. The zero-order valence-electron chi connectivity index (χ0n) is 10.5. The van der Waals surface area contributed by atoms with E-state index in [4.69, 9.17) is 5.73 Å². The van der Waals surface area contributed by atoms with E-state index in [2.05, 4.69) is 15.9 Å². The van der Waals surface area contributed by atoms with E-state index in [9.17, 15) is 4.79 Å². The summed E-state index contributed by atoms with van der Waals surface area (Å²) >= 11 is 5.00. The number of carbonyl (C=O) groups excluding carboxylic acids is 1. The van der Waals surface area contributed by atoms with Gasteiger partial charge in [0.05, 0.1) is 5.69 Å². The lowest BCUT2D eigenvalue weighted by Gasteiger charge is -2.26. The quantitative estimate of drug-likeness (QED) is 0.857. The Morgan fingerprint density at radius 1 is 1.26 bits per heavy atom. The fourth-order valence-corrected chi connectivity index (χ4v) is 4.36. The Labute approximate surface area is 124 Å². The van der Waals surface area contributed by atoms with Gasteiger partial charge in [-0.25, -0.2) is 0 Å². The number of nitrogen functional groups attached to an aromatic ring is 1. The molecule has 0 aliphatic carbocycles. The number of amides is 1. The molecule has 2 aromatic rings. The normalized spacial score (nSPS) is 15.9. The first-order valence-electron chi connectivity index (χ1n) is 6.44. The molecule has 19 heavy (non-hydrogen) atoms. The fourth-order valence-electron chi connectivity index (χ4n) is 2.53. The van der Waals surface area contributed by atoms with Crippen LogP contribution in [-0.4, -0.2) is 23.9 Å². The summed E-state index contributed by atoms with van der Waals surface area (Å²) in [5, 5.41) is 0.966. The van der Waals surface area contributed by atoms with Gasteiger partial charge >= 0.3 is 0 Å². The molecule has 0 radical (unpaired) electrons. The summed E-state index contributed by atoms with van der Waals surface area (Å²) in [5.41, 5.74) is 6.79. The molecule has 3 nitrogen and oxygen atoms in total. The summed E-state index contributed by atoms with van der Waals surface area (Å²) in [6.45, 7) is 1.71. The summed E-state index contributed by atoms with van der Waals surface area (Å²) in [4.78, 5) is 15.2. The number of benzene rings is 1. The van der Waals surface area contributed by atoms with Crippen LogP contribution in [0.4, 0.5) is 5.69 Å². The molecule has 1 fully saturated rings. The Bertz CT molecular complexity index is 632. The highest BCUT2D eigenvalue weighted by molar-refractivity contribution is 9.10. The van der Waals surface area contributed by atoms with Crippen LogP contribution in [0.3, 0.4) is 0 Å². The largest absolute Gasteiger partial charge is 0.397 e. The van der Waals surface area contributed by atoms with Gasteiger partial charge in [0.25, 0.3) is 5.91 Å². The lowest BCUT2D eigenvalue weighted by Crippen LogP contribution is -2.35. The Kier molecular flexibility index (Phi) is 3.50. The molecule has 2 N–H and O–H groups in total. The van der Waals surface area contributed by atoms with Gasteiger partial charge in [0, 0.05) is 27.6 Å². The van der Waals surface area contributed by atoms with Crippen LogP contribution in [0.5, 0.6) is 0 Å². The molecule has 1 aliphatic heterocycles. The number of nitrogens with two attached hydrogens (primary N) is 1. The number of nitrogens with zero attached hydrogens (tertiary/aromatic N) is 1. The molecule has 0 atom stereocenters. The smallest absolute Gasteiger partial charge is 0.266 e. The van der Waals surface area contributed by atoms with Gasteiger partial charge in [-0.1, -0.05) is 22.0 Å². The minimum Gasteiger partial charge on any atom is -0.397 e. The van der Waals surface area contributed by atoms with E-state index in [1.165, 1.54) is 17.8 Å². The number of rotatable bonds is 1. The Morgan fingerprint density at radius 2 is 2.00 bits per heavy atom. The molecular weight excluding hydrogens is 324 g/mol. The highest BCUT2D eigenvalue weighted by Crippen LogP contribution is 2.38. The molecule has 0 unspecified atom stereocenters. The van der Waals surface area contributed by atoms with Gasteiger partial charge in [0.15, 0.2) is 0 Å². The van der Waals surface area contributed by atoms with E-state index in [0.717, 1.165) is 40.5 Å². The standard InChI is InChI=1S/C14H15BrN2OS/c15-9-5-4-6-10-11(9)12(16)13(19-10)14(18)17-7-2-1-3-8-17/h4-6H,1-3,7-8,16H2. The molecule has 3 rings (SSSR count). The van der Waals surface area contributed by atoms with Crippen molar-refractivity contribution in [2.24, 2.45) is 0 Å². The average molecular weight is 339 g/mol. The minimum atomic E-state index is 0.0882. The number of likely N-dealkylation sites (tertiary alicyclic amines) is 1. The highest BCUT2D eigenvalue weighted by atomic mass is 79.9. The Morgan fingerprint density at radius 3 is 2.68 bits per heavy atom. The third kappa shape index (κ3) is 2.25. The van der Waals surface area contributed by atoms with Crippen molar-refractivity contribution in [3.05, 3.63) is 27.5 Å². The maximum atomic E-state index is 12.5. The van der Waals surface area contributed by atoms with Crippen LogP contribution in [0.1, 0.15) is 28.9 Å². The van der Waals surface area contributed by atoms with E-state index >= 15 is 0 Å². The maximum absolute atomic E-state index is 12.5. The predicted molar refractivity (Wildman–Crippen MR) is 83.7 cm³/mol. The second-order valence-electron chi connectivity index (χ2n) is 4.81. The lowest BCUT2D eigenvalue weighted by molar-refractivity contribution is 0.0730. The molecule has 0 bridgehead atoms. The van der Waals surface area contributed by atoms with Crippen molar-refractivity contribution in [1.82, 2.24) is 4.90 Å². The van der Waals surface area contributed by atoms with E-state index in [1.54, 1.807) is 0 Å². The van der Waals surface area contributed by atoms with Gasteiger partial charge in [-0.15, -0.1) is 11.3 Å². The van der Waals surface area contributed by atoms with Gasteiger partial charge < -0.3 is 10.6 Å². The van der Waals surface area contributed by atoms with Gasteiger partial charge in [-0.2, -0.15) is 0 Å². The molecule has 0 saturated carbocycles. The molecular formula is C14H15BrN2OS. The predicted octanol–water partition coefficient (Wildman–Crippen LogP) is 3.87. The van der Waals surface area contributed by atoms with Crippen LogP contribution < -0.4 is 5.73 Å². The lowest BCUT2D eigenvalue weighted by atomic mass is 10.1. The Hall–Kier alpha value is -1.07. The maximum Gasteiger partial charge on any atom is 0.266 e. The highest BCUT2D eigenvalue weighted by Gasteiger charge is 2.23. The molecule has 2 heterocycles. The van der Waals surface area contributed by atoms with E-state index in [0.29, 0.717) is 10.6 Å². The summed E-state index contributed by atoms with van der Waals surface area (Å²) in [6, 6.07) is 5.94. The molecule has 1 aromatic heterocycles. The number of piperidine rings is 1. The number of thiophene rings is 1. The molecule has 0 spiro atoms. The third-order valence-corrected chi connectivity index (χ3v) is 5.36. The van der Waals surface area contributed by atoms with E-state index < -0.39 is 0 Å². The van der Waals surface area contributed by atoms with E-state index in [-0.39, 0.29) is 5.91 Å². The minimum absolute atomic E-state index is 0.0882. The average Bonchev–Trinajstić information content (AvgIpc) is 2.78. The number of hydrogen-bond donors (Lipinski definition) is 1. The number of carbonyl (C=O) groups is 1. The first-order valence-corrected chi connectivity index (χ1v) is 8.05. The number of halogens is 1. The third-order valence-electron chi connectivity index (χ3n) is 3.54. The van der Waals surface area contributed by atoms with Crippen molar-refractivity contribution in [1.29, 1.82) is 0 Å². The zero-order chi connectivity index (χ0) is 13.4. The first kappa shape index (κ1) is 12.9. The van der Waals surface area contributed by atoms with Crippen LogP contribution in [0.25, 0.3) is 10.1 Å². The Balaban J connectivity index is 2.03. The number of hydrogen-bond acceptors (Lipinski definition) is 3. The summed E-state index contributed by atoms with van der Waals surface area (Å²) in [6.07, 6.45) is 3.41. The first-order chi connectivity index (χ1) is 9.18. The summed E-state index contributed by atoms with van der Waals surface area (Å²) in [5.74, 6) is 0.0882. The molecule has 1 aromatic carbocycles. The summed E-state index contributed by atoms with van der Waals surface area (Å²) < 4.78 is 2.02. The van der Waals surface area contributed by atoms with Gasteiger partial charge in [0.2, 0.25) is 0 Å². The van der Waals surface area contributed by atoms with Crippen molar-refractivity contribution in [3.8, 4) is 0 Å². The second-order valence-corrected chi connectivity index (χ2v) is 6.72. The van der Waals surface area contributed by atoms with Gasteiger partial charge in [-0.05, 0) is 31.4 Å².